The Labute approximate surface area is 158 Å². The van der Waals surface area contributed by atoms with Gasteiger partial charge in [-0.05, 0) is 18.2 Å². The summed E-state index contributed by atoms with van der Waals surface area (Å²) in [6, 6.07) is 19.7. The van der Waals surface area contributed by atoms with E-state index in [1.807, 2.05) is 60.7 Å². The number of aromatic nitrogens is 6. The van der Waals surface area contributed by atoms with Crippen LogP contribution in [0, 0.1) is 0 Å². The highest BCUT2D eigenvalue weighted by molar-refractivity contribution is 7.19. The summed E-state index contributed by atoms with van der Waals surface area (Å²) in [4.78, 5) is 0.721. The standard InChI is InChI=1S/C19H14N6OS/c1-26-14-9-5-8-13(10-14)17-22-23-19-25(17)24-18(27-19)16-11-15(20-21-16)12-6-3-2-4-7-12/h2-11H,1H3,(H,20,21). The highest BCUT2D eigenvalue weighted by atomic mass is 32.1. The normalized spacial score (nSPS) is 11.1. The quantitative estimate of drug-likeness (QED) is 0.516. The number of benzene rings is 2. The van der Waals surface area contributed by atoms with Gasteiger partial charge in [0.1, 0.15) is 5.75 Å². The molecule has 0 aliphatic heterocycles. The minimum Gasteiger partial charge on any atom is -0.497 e. The molecule has 0 saturated heterocycles. The van der Waals surface area contributed by atoms with Crippen LogP contribution >= 0.6 is 11.3 Å². The average molecular weight is 374 g/mol. The molecule has 0 aliphatic rings. The molecule has 0 fully saturated rings. The van der Waals surface area contributed by atoms with E-state index in [4.69, 9.17) is 4.74 Å². The monoisotopic (exact) mass is 374 g/mol. The Morgan fingerprint density at radius 2 is 1.81 bits per heavy atom. The fourth-order valence-corrected chi connectivity index (χ4v) is 3.66. The molecule has 0 saturated carbocycles. The van der Waals surface area contributed by atoms with Crippen molar-refractivity contribution in [1.82, 2.24) is 30.0 Å². The molecule has 27 heavy (non-hydrogen) atoms. The summed E-state index contributed by atoms with van der Waals surface area (Å²) in [5, 5.41) is 21.5. The van der Waals surface area contributed by atoms with Gasteiger partial charge in [-0.15, -0.1) is 10.2 Å². The number of ether oxygens (including phenoxy) is 1. The summed E-state index contributed by atoms with van der Waals surface area (Å²) in [5.74, 6) is 1.44. The van der Waals surface area contributed by atoms with Crippen LogP contribution in [0.2, 0.25) is 0 Å². The van der Waals surface area contributed by atoms with Crippen LogP contribution in [-0.4, -0.2) is 37.1 Å². The van der Waals surface area contributed by atoms with Gasteiger partial charge in [0, 0.05) is 11.1 Å². The van der Waals surface area contributed by atoms with Crippen LogP contribution in [0.25, 0.3) is 38.3 Å². The number of aromatic amines is 1. The Morgan fingerprint density at radius 3 is 2.67 bits per heavy atom. The Hall–Kier alpha value is -3.52. The maximum Gasteiger partial charge on any atom is 0.235 e. The van der Waals surface area contributed by atoms with Gasteiger partial charge >= 0.3 is 0 Å². The van der Waals surface area contributed by atoms with E-state index < -0.39 is 0 Å². The third-order valence-electron chi connectivity index (χ3n) is 4.20. The van der Waals surface area contributed by atoms with Crippen LogP contribution < -0.4 is 4.74 Å². The minimum atomic E-state index is 0.675. The molecule has 2 aromatic carbocycles. The van der Waals surface area contributed by atoms with Crippen molar-refractivity contribution in [2.75, 3.05) is 7.11 Å². The zero-order valence-corrected chi connectivity index (χ0v) is 15.1. The molecule has 5 rings (SSSR count). The van der Waals surface area contributed by atoms with E-state index in [2.05, 4.69) is 25.5 Å². The van der Waals surface area contributed by atoms with Crippen molar-refractivity contribution >= 4 is 16.3 Å². The summed E-state index contributed by atoms with van der Waals surface area (Å²) in [7, 11) is 1.64. The molecule has 8 heteroatoms. The van der Waals surface area contributed by atoms with E-state index in [-0.39, 0.29) is 0 Å². The number of hydrogen-bond acceptors (Lipinski definition) is 6. The number of rotatable bonds is 4. The van der Waals surface area contributed by atoms with Gasteiger partial charge < -0.3 is 4.74 Å². The van der Waals surface area contributed by atoms with Crippen molar-refractivity contribution in [3.05, 3.63) is 60.7 Å². The summed E-state index contributed by atoms with van der Waals surface area (Å²) >= 11 is 1.46. The highest BCUT2D eigenvalue weighted by Crippen LogP contribution is 2.30. The molecule has 132 valence electrons. The van der Waals surface area contributed by atoms with E-state index in [0.717, 1.165) is 38.2 Å². The average Bonchev–Trinajstić information content (AvgIpc) is 3.44. The van der Waals surface area contributed by atoms with Crippen molar-refractivity contribution < 1.29 is 4.74 Å². The van der Waals surface area contributed by atoms with Gasteiger partial charge in [-0.25, -0.2) is 0 Å². The van der Waals surface area contributed by atoms with Crippen LogP contribution in [0.1, 0.15) is 0 Å². The lowest BCUT2D eigenvalue weighted by atomic mass is 10.1. The first-order valence-corrected chi connectivity index (χ1v) is 9.11. The molecule has 3 heterocycles. The molecule has 0 unspecified atom stereocenters. The minimum absolute atomic E-state index is 0.675. The molecular weight excluding hydrogens is 360 g/mol. The molecule has 1 N–H and O–H groups in total. The molecule has 0 bridgehead atoms. The number of nitrogens with one attached hydrogen (secondary N) is 1. The maximum absolute atomic E-state index is 5.30. The van der Waals surface area contributed by atoms with Crippen molar-refractivity contribution in [3.63, 3.8) is 0 Å². The van der Waals surface area contributed by atoms with Crippen LogP contribution in [-0.2, 0) is 0 Å². The first-order valence-electron chi connectivity index (χ1n) is 8.30. The van der Waals surface area contributed by atoms with Crippen molar-refractivity contribution in [2.24, 2.45) is 0 Å². The molecular formula is C19H14N6OS. The van der Waals surface area contributed by atoms with Gasteiger partial charge in [0.05, 0.1) is 18.5 Å². The van der Waals surface area contributed by atoms with Gasteiger partial charge in [0.25, 0.3) is 0 Å². The zero-order valence-electron chi connectivity index (χ0n) is 14.3. The molecule has 5 aromatic rings. The predicted molar refractivity (Wildman–Crippen MR) is 104 cm³/mol. The smallest absolute Gasteiger partial charge is 0.235 e. The number of H-pyrrole nitrogens is 1. The fraction of sp³-hybridized carbons (Fsp3) is 0.0526. The molecule has 0 amide bonds. The molecule has 0 atom stereocenters. The summed E-state index contributed by atoms with van der Waals surface area (Å²) in [6.07, 6.45) is 0. The lowest BCUT2D eigenvalue weighted by Crippen LogP contribution is -1.92. The van der Waals surface area contributed by atoms with Crippen molar-refractivity contribution in [3.8, 4) is 39.1 Å². The van der Waals surface area contributed by atoms with Gasteiger partial charge in [-0.3, -0.25) is 5.10 Å². The maximum atomic E-state index is 5.30. The first-order chi connectivity index (χ1) is 13.3. The SMILES string of the molecule is COc1cccc(-c2nnc3sc(-c4cc(-c5ccccc5)n[nH]4)nn23)c1. The van der Waals surface area contributed by atoms with Crippen LogP contribution in [0.4, 0.5) is 0 Å². The van der Waals surface area contributed by atoms with E-state index in [9.17, 15) is 0 Å². The molecule has 0 spiro atoms. The Morgan fingerprint density at radius 1 is 0.963 bits per heavy atom. The Kier molecular flexibility index (Phi) is 3.68. The van der Waals surface area contributed by atoms with Gasteiger partial charge in [-0.2, -0.15) is 14.7 Å². The Balaban J connectivity index is 1.55. The van der Waals surface area contributed by atoms with Crippen LogP contribution in [0.5, 0.6) is 5.75 Å². The largest absolute Gasteiger partial charge is 0.497 e. The third-order valence-corrected chi connectivity index (χ3v) is 5.13. The van der Waals surface area contributed by atoms with Crippen LogP contribution in [0.3, 0.4) is 0 Å². The van der Waals surface area contributed by atoms with E-state index in [0.29, 0.717) is 5.82 Å². The van der Waals surface area contributed by atoms with Gasteiger partial charge in [0.15, 0.2) is 10.8 Å². The van der Waals surface area contributed by atoms with Crippen molar-refractivity contribution in [2.45, 2.75) is 0 Å². The highest BCUT2D eigenvalue weighted by Gasteiger charge is 2.16. The van der Waals surface area contributed by atoms with E-state index >= 15 is 0 Å². The molecule has 0 aliphatic carbocycles. The summed E-state index contributed by atoms with van der Waals surface area (Å²) < 4.78 is 7.04. The number of methoxy groups -OCH3 is 1. The number of hydrogen-bond donors (Lipinski definition) is 1. The first kappa shape index (κ1) is 15.7. The van der Waals surface area contributed by atoms with Gasteiger partial charge in [-0.1, -0.05) is 53.8 Å². The Bertz CT molecular complexity index is 1220. The predicted octanol–water partition coefficient (Wildman–Crippen LogP) is 3.92. The van der Waals surface area contributed by atoms with Crippen LogP contribution in [0.15, 0.2) is 60.7 Å². The fourth-order valence-electron chi connectivity index (χ4n) is 2.86. The zero-order chi connectivity index (χ0) is 18.2. The molecule has 7 nitrogen and oxygen atoms in total. The lowest BCUT2D eigenvalue weighted by Gasteiger charge is -2.01. The van der Waals surface area contributed by atoms with E-state index in [1.54, 1.807) is 11.6 Å². The number of fused-ring (bicyclic) bond motifs is 1. The third kappa shape index (κ3) is 2.76. The molecule has 3 aromatic heterocycles. The second kappa shape index (κ2) is 6.33. The second-order valence-electron chi connectivity index (χ2n) is 5.89. The van der Waals surface area contributed by atoms with Gasteiger partial charge in [0.2, 0.25) is 4.96 Å². The van der Waals surface area contributed by atoms with Crippen molar-refractivity contribution in [1.29, 1.82) is 0 Å². The molecule has 0 radical (unpaired) electrons. The summed E-state index contributed by atoms with van der Waals surface area (Å²) in [5.41, 5.74) is 3.68. The topological polar surface area (TPSA) is 81.0 Å². The summed E-state index contributed by atoms with van der Waals surface area (Å²) in [6.45, 7) is 0. The van der Waals surface area contributed by atoms with E-state index in [1.165, 1.54) is 11.3 Å². The number of nitrogens with zero attached hydrogens (tertiary/aromatic N) is 5. The lowest BCUT2D eigenvalue weighted by molar-refractivity contribution is 0.415. The second-order valence-corrected chi connectivity index (χ2v) is 6.85.